The minimum Gasteiger partial charge on any atom is -0.290 e. The Labute approximate surface area is 91.3 Å². The standard InChI is InChI=1S/C9H10N6O/c10-14-9(16)7-1-2-8(12-3-7)4-15-6-11-5-13-15/h1-3,5-6H,4,10H2,(H,14,16). The summed E-state index contributed by atoms with van der Waals surface area (Å²) >= 11 is 0. The summed E-state index contributed by atoms with van der Waals surface area (Å²) in [6.07, 6.45) is 4.52. The topological polar surface area (TPSA) is 98.7 Å². The van der Waals surface area contributed by atoms with E-state index >= 15 is 0 Å². The van der Waals surface area contributed by atoms with E-state index in [-0.39, 0.29) is 5.91 Å². The van der Waals surface area contributed by atoms with Gasteiger partial charge in [-0.2, -0.15) is 5.10 Å². The van der Waals surface area contributed by atoms with Crippen LogP contribution in [0.25, 0.3) is 0 Å². The van der Waals surface area contributed by atoms with Crippen LogP contribution in [0, 0.1) is 0 Å². The van der Waals surface area contributed by atoms with Crippen LogP contribution in [-0.4, -0.2) is 25.7 Å². The maximum Gasteiger partial charge on any atom is 0.266 e. The Hall–Kier alpha value is -2.28. The van der Waals surface area contributed by atoms with Gasteiger partial charge in [-0.1, -0.05) is 0 Å². The van der Waals surface area contributed by atoms with Crippen molar-refractivity contribution in [3.8, 4) is 0 Å². The van der Waals surface area contributed by atoms with Gasteiger partial charge in [0.1, 0.15) is 12.7 Å². The number of nitrogens with two attached hydrogens (primary N) is 1. The van der Waals surface area contributed by atoms with Crippen molar-refractivity contribution < 1.29 is 4.79 Å². The summed E-state index contributed by atoms with van der Waals surface area (Å²) in [4.78, 5) is 19.1. The molecular formula is C9H10N6O. The second-order valence-corrected chi connectivity index (χ2v) is 3.10. The van der Waals surface area contributed by atoms with Gasteiger partial charge in [-0.3, -0.25) is 15.2 Å². The Morgan fingerprint density at radius 2 is 2.38 bits per heavy atom. The van der Waals surface area contributed by atoms with E-state index in [1.54, 1.807) is 23.1 Å². The summed E-state index contributed by atoms with van der Waals surface area (Å²) in [5, 5.41) is 3.95. The molecule has 0 atom stereocenters. The van der Waals surface area contributed by atoms with E-state index in [9.17, 15) is 4.79 Å². The largest absolute Gasteiger partial charge is 0.290 e. The smallest absolute Gasteiger partial charge is 0.266 e. The van der Waals surface area contributed by atoms with Gasteiger partial charge in [-0.25, -0.2) is 15.5 Å². The third kappa shape index (κ3) is 2.20. The van der Waals surface area contributed by atoms with E-state index in [1.165, 1.54) is 12.5 Å². The van der Waals surface area contributed by atoms with Crippen molar-refractivity contribution in [3.05, 3.63) is 42.2 Å². The van der Waals surface area contributed by atoms with Crippen LogP contribution >= 0.6 is 0 Å². The lowest BCUT2D eigenvalue weighted by Gasteiger charge is -2.02. The lowest BCUT2D eigenvalue weighted by Crippen LogP contribution is -2.30. The molecule has 3 N–H and O–H groups in total. The molecule has 7 heteroatoms. The quantitative estimate of drug-likeness (QED) is 0.404. The SMILES string of the molecule is NNC(=O)c1ccc(Cn2cncn2)nc1. The molecule has 1 amide bonds. The molecule has 2 aromatic rings. The highest BCUT2D eigenvalue weighted by Crippen LogP contribution is 2.01. The van der Waals surface area contributed by atoms with Gasteiger partial charge < -0.3 is 0 Å². The van der Waals surface area contributed by atoms with Crippen molar-refractivity contribution in [3.63, 3.8) is 0 Å². The molecule has 0 unspecified atom stereocenters. The number of hydrazine groups is 1. The predicted octanol–water partition coefficient (Wildman–Crippen LogP) is -0.675. The second-order valence-electron chi connectivity index (χ2n) is 3.10. The van der Waals surface area contributed by atoms with Crippen LogP contribution in [0.2, 0.25) is 0 Å². The Bertz CT molecular complexity index is 463. The zero-order chi connectivity index (χ0) is 11.4. The number of nitrogens with one attached hydrogen (secondary N) is 1. The van der Waals surface area contributed by atoms with Crippen LogP contribution in [-0.2, 0) is 6.54 Å². The van der Waals surface area contributed by atoms with Crippen LogP contribution in [0.1, 0.15) is 16.1 Å². The summed E-state index contributed by atoms with van der Waals surface area (Å²) in [5.74, 6) is 4.64. The number of carbonyl (C=O) groups is 1. The van der Waals surface area contributed by atoms with Crippen LogP contribution in [0.3, 0.4) is 0 Å². The molecule has 0 bridgehead atoms. The number of hydrogen-bond donors (Lipinski definition) is 2. The molecule has 0 radical (unpaired) electrons. The Morgan fingerprint density at radius 1 is 1.50 bits per heavy atom. The highest BCUT2D eigenvalue weighted by molar-refractivity contribution is 5.93. The first-order valence-electron chi connectivity index (χ1n) is 4.58. The number of nitrogen functional groups attached to an aromatic ring is 1. The number of nitrogens with zero attached hydrogens (tertiary/aromatic N) is 4. The van der Waals surface area contributed by atoms with Gasteiger partial charge in [0.05, 0.1) is 17.8 Å². The number of aromatic nitrogens is 4. The van der Waals surface area contributed by atoms with Gasteiger partial charge in [-0.05, 0) is 12.1 Å². The monoisotopic (exact) mass is 218 g/mol. The van der Waals surface area contributed by atoms with Crippen LogP contribution in [0.4, 0.5) is 0 Å². The van der Waals surface area contributed by atoms with Gasteiger partial charge >= 0.3 is 0 Å². The normalized spacial score (nSPS) is 10.1. The molecule has 2 rings (SSSR count). The fourth-order valence-corrected chi connectivity index (χ4v) is 1.22. The highest BCUT2D eigenvalue weighted by atomic mass is 16.2. The van der Waals surface area contributed by atoms with E-state index in [2.05, 4.69) is 15.1 Å². The summed E-state index contributed by atoms with van der Waals surface area (Å²) in [5.41, 5.74) is 3.25. The predicted molar refractivity (Wildman–Crippen MR) is 55.0 cm³/mol. The average Bonchev–Trinajstić information content (AvgIpc) is 2.82. The number of pyridine rings is 1. The van der Waals surface area contributed by atoms with Crippen LogP contribution in [0.15, 0.2) is 31.0 Å². The molecule has 0 aliphatic rings. The number of amides is 1. The highest BCUT2D eigenvalue weighted by Gasteiger charge is 2.04. The van der Waals surface area contributed by atoms with E-state index in [0.717, 1.165) is 5.69 Å². The summed E-state index contributed by atoms with van der Waals surface area (Å²) < 4.78 is 1.64. The molecule has 82 valence electrons. The van der Waals surface area contributed by atoms with Crippen LogP contribution in [0.5, 0.6) is 0 Å². The summed E-state index contributed by atoms with van der Waals surface area (Å²) in [7, 11) is 0. The van der Waals surface area contributed by atoms with E-state index < -0.39 is 0 Å². The van der Waals surface area contributed by atoms with Gasteiger partial charge in [0.25, 0.3) is 5.91 Å². The number of hydrogen-bond acceptors (Lipinski definition) is 5. The molecule has 0 fully saturated rings. The molecule has 0 saturated heterocycles. The lowest BCUT2D eigenvalue weighted by atomic mass is 10.2. The van der Waals surface area contributed by atoms with Crippen molar-refractivity contribution in [2.75, 3.05) is 0 Å². The maximum absolute atomic E-state index is 11.1. The van der Waals surface area contributed by atoms with Crippen molar-refractivity contribution in [2.24, 2.45) is 5.84 Å². The fraction of sp³-hybridized carbons (Fsp3) is 0.111. The van der Waals surface area contributed by atoms with E-state index in [4.69, 9.17) is 5.84 Å². The third-order valence-electron chi connectivity index (χ3n) is 2.01. The van der Waals surface area contributed by atoms with Crippen molar-refractivity contribution in [1.29, 1.82) is 0 Å². The lowest BCUT2D eigenvalue weighted by molar-refractivity contribution is 0.0953. The van der Waals surface area contributed by atoms with Crippen molar-refractivity contribution in [1.82, 2.24) is 25.2 Å². The molecule has 0 saturated carbocycles. The molecule has 16 heavy (non-hydrogen) atoms. The summed E-state index contributed by atoms with van der Waals surface area (Å²) in [6.45, 7) is 0.518. The van der Waals surface area contributed by atoms with Gasteiger partial charge in [0.2, 0.25) is 0 Å². The number of rotatable bonds is 3. The zero-order valence-electron chi connectivity index (χ0n) is 8.37. The second kappa shape index (κ2) is 4.49. The third-order valence-corrected chi connectivity index (χ3v) is 2.01. The Balaban J connectivity index is 2.10. The fourth-order valence-electron chi connectivity index (χ4n) is 1.22. The minimum absolute atomic E-state index is 0.361. The molecule has 0 aliphatic heterocycles. The molecule has 0 spiro atoms. The number of carbonyl (C=O) groups excluding carboxylic acids is 1. The molecule has 0 aromatic carbocycles. The summed E-state index contributed by atoms with van der Waals surface area (Å²) in [6, 6.07) is 3.40. The van der Waals surface area contributed by atoms with E-state index in [1.807, 2.05) is 5.43 Å². The van der Waals surface area contributed by atoms with Gasteiger partial charge in [0.15, 0.2) is 0 Å². The first-order valence-corrected chi connectivity index (χ1v) is 4.58. The van der Waals surface area contributed by atoms with Crippen molar-refractivity contribution >= 4 is 5.91 Å². The van der Waals surface area contributed by atoms with Gasteiger partial charge in [0, 0.05) is 6.20 Å². The maximum atomic E-state index is 11.1. The molecule has 7 nitrogen and oxygen atoms in total. The molecule has 0 aliphatic carbocycles. The minimum atomic E-state index is -0.361. The van der Waals surface area contributed by atoms with E-state index in [0.29, 0.717) is 12.1 Å². The average molecular weight is 218 g/mol. The first-order chi connectivity index (χ1) is 7.79. The Kier molecular flexibility index (Phi) is 2.88. The van der Waals surface area contributed by atoms with Crippen molar-refractivity contribution in [2.45, 2.75) is 6.54 Å². The first kappa shape index (κ1) is 10.2. The Morgan fingerprint density at radius 3 is 2.94 bits per heavy atom. The van der Waals surface area contributed by atoms with Gasteiger partial charge in [-0.15, -0.1) is 0 Å². The molecular weight excluding hydrogens is 208 g/mol. The van der Waals surface area contributed by atoms with Crippen LogP contribution < -0.4 is 11.3 Å². The molecule has 2 heterocycles. The zero-order valence-corrected chi connectivity index (χ0v) is 8.37. The molecule has 2 aromatic heterocycles.